The molecule has 5 heteroatoms. The van der Waals surface area contributed by atoms with Gasteiger partial charge in [-0.15, -0.1) is 0 Å². The molecule has 1 saturated carbocycles. The largest absolute Gasteiger partial charge is 0.334 e. The minimum atomic E-state index is -0.0810. The maximum atomic E-state index is 10.4. The van der Waals surface area contributed by atoms with Gasteiger partial charge in [-0.25, -0.2) is 0 Å². The highest BCUT2D eigenvalue weighted by Gasteiger charge is 2.13. The van der Waals surface area contributed by atoms with Crippen molar-refractivity contribution < 1.29 is 9.59 Å². The highest BCUT2D eigenvalue weighted by Crippen LogP contribution is 2.22. The normalized spacial score (nSPS) is 18.6. The van der Waals surface area contributed by atoms with Gasteiger partial charge in [0.2, 0.25) is 0 Å². The summed E-state index contributed by atoms with van der Waals surface area (Å²) in [5.41, 5.74) is 0. The smallest absolute Gasteiger partial charge is 0.278 e. The standard InChI is InChI=1S/C9H19N.C5H9NOS.CH2O/c1-2-10-8-9-6-4-3-5-7-9;7-5(8)6-3-1-2-4-6;1-2/h9-10H,2-8H2,1H3;1-4H2,(H,7,8);1H2. The molecule has 1 heterocycles. The molecule has 0 unspecified atom stereocenters. The van der Waals surface area contributed by atoms with Crippen LogP contribution in [0.1, 0.15) is 51.9 Å². The summed E-state index contributed by atoms with van der Waals surface area (Å²) in [5.74, 6) is 0.994. The minimum Gasteiger partial charge on any atom is -0.334 e. The molecule has 0 aromatic carbocycles. The van der Waals surface area contributed by atoms with Gasteiger partial charge in [-0.3, -0.25) is 4.79 Å². The van der Waals surface area contributed by atoms with Crippen LogP contribution in [0, 0.1) is 5.92 Å². The summed E-state index contributed by atoms with van der Waals surface area (Å²) in [6, 6.07) is 0. The van der Waals surface area contributed by atoms with Crippen molar-refractivity contribution in [3.63, 3.8) is 0 Å². The number of thiol groups is 1. The van der Waals surface area contributed by atoms with E-state index in [-0.39, 0.29) is 5.24 Å². The van der Waals surface area contributed by atoms with E-state index in [1.165, 1.54) is 38.6 Å². The summed E-state index contributed by atoms with van der Waals surface area (Å²) in [6.07, 6.45) is 9.63. The molecule has 118 valence electrons. The average molecular weight is 302 g/mol. The first-order valence-electron chi connectivity index (χ1n) is 7.71. The molecule has 0 atom stereocenters. The molecule has 1 saturated heterocycles. The molecule has 2 rings (SSSR count). The molecular weight excluding hydrogens is 272 g/mol. The number of carbonyl (C=O) groups is 2. The molecule has 1 aliphatic carbocycles. The SMILES string of the molecule is C=O.CCNCC1CCCCC1.O=C(S)N1CCCC1. The third kappa shape index (κ3) is 9.37. The number of hydrogen-bond donors (Lipinski definition) is 2. The predicted octanol–water partition coefficient (Wildman–Crippen LogP) is 3.12. The number of nitrogens with one attached hydrogen (secondary N) is 1. The summed E-state index contributed by atoms with van der Waals surface area (Å²) < 4.78 is 0. The van der Waals surface area contributed by atoms with Crippen molar-refractivity contribution in [2.75, 3.05) is 26.2 Å². The van der Waals surface area contributed by atoms with Gasteiger partial charge in [0.05, 0.1) is 0 Å². The van der Waals surface area contributed by atoms with E-state index in [0.717, 1.165) is 38.4 Å². The zero-order valence-electron chi connectivity index (χ0n) is 12.8. The number of likely N-dealkylation sites (tertiary alicyclic amines) is 1. The second-order valence-corrected chi connectivity index (χ2v) is 5.67. The van der Waals surface area contributed by atoms with E-state index in [4.69, 9.17) is 4.79 Å². The van der Waals surface area contributed by atoms with Crippen molar-refractivity contribution in [2.24, 2.45) is 5.92 Å². The van der Waals surface area contributed by atoms with Gasteiger partial charge in [-0.05, 0) is 44.7 Å². The number of hydrogen-bond acceptors (Lipinski definition) is 3. The fraction of sp³-hybridized carbons (Fsp3) is 0.867. The van der Waals surface area contributed by atoms with E-state index < -0.39 is 0 Å². The molecule has 4 nitrogen and oxygen atoms in total. The molecule has 1 N–H and O–H groups in total. The maximum Gasteiger partial charge on any atom is 0.278 e. The zero-order chi connectivity index (χ0) is 15.2. The number of carbonyl (C=O) groups excluding carboxylic acids is 2. The van der Waals surface area contributed by atoms with E-state index in [2.05, 4.69) is 24.9 Å². The van der Waals surface area contributed by atoms with Crippen LogP contribution >= 0.6 is 12.6 Å². The minimum absolute atomic E-state index is 0.0810. The third-order valence-electron chi connectivity index (χ3n) is 3.78. The van der Waals surface area contributed by atoms with Gasteiger partial charge in [-0.2, -0.15) is 0 Å². The van der Waals surface area contributed by atoms with Crippen LogP contribution in [0.5, 0.6) is 0 Å². The lowest BCUT2D eigenvalue weighted by atomic mass is 9.89. The van der Waals surface area contributed by atoms with Crippen LogP contribution in [0.15, 0.2) is 0 Å². The lowest BCUT2D eigenvalue weighted by molar-refractivity contribution is -0.0979. The highest BCUT2D eigenvalue weighted by molar-refractivity contribution is 7.96. The van der Waals surface area contributed by atoms with E-state index in [9.17, 15) is 4.79 Å². The maximum absolute atomic E-state index is 10.4. The van der Waals surface area contributed by atoms with Gasteiger partial charge >= 0.3 is 0 Å². The van der Waals surface area contributed by atoms with Gasteiger partial charge in [0.15, 0.2) is 0 Å². The molecular formula is C15H30N2O2S. The van der Waals surface area contributed by atoms with Gasteiger partial charge in [0, 0.05) is 13.1 Å². The number of nitrogens with zero attached hydrogens (tertiary/aromatic N) is 1. The highest BCUT2D eigenvalue weighted by atomic mass is 32.1. The van der Waals surface area contributed by atoms with Crippen LogP contribution in [0.4, 0.5) is 4.79 Å². The van der Waals surface area contributed by atoms with Crippen LogP contribution in [0.2, 0.25) is 0 Å². The Hall–Kier alpha value is -0.550. The second kappa shape index (κ2) is 13.4. The first-order chi connectivity index (χ1) is 9.74. The van der Waals surface area contributed by atoms with Crippen LogP contribution in [0.3, 0.4) is 0 Å². The first kappa shape index (κ1) is 19.4. The van der Waals surface area contributed by atoms with Crippen molar-refractivity contribution in [3.8, 4) is 0 Å². The molecule has 1 amide bonds. The predicted molar refractivity (Wildman–Crippen MR) is 87.4 cm³/mol. The van der Waals surface area contributed by atoms with Gasteiger partial charge in [-0.1, -0.05) is 38.8 Å². The van der Waals surface area contributed by atoms with E-state index in [0.29, 0.717) is 0 Å². The average Bonchev–Trinajstić information content (AvgIpc) is 3.03. The van der Waals surface area contributed by atoms with Crippen molar-refractivity contribution in [3.05, 3.63) is 0 Å². The van der Waals surface area contributed by atoms with Crippen molar-refractivity contribution in [1.82, 2.24) is 10.2 Å². The molecule has 0 radical (unpaired) electrons. The summed E-state index contributed by atoms with van der Waals surface area (Å²) in [4.78, 5) is 20.2. The van der Waals surface area contributed by atoms with E-state index in [1.807, 2.05) is 6.79 Å². The van der Waals surface area contributed by atoms with E-state index in [1.54, 1.807) is 4.90 Å². The molecule has 1 aliphatic heterocycles. The topological polar surface area (TPSA) is 49.4 Å². The Labute approximate surface area is 129 Å². The van der Waals surface area contributed by atoms with Crippen LogP contribution in [0.25, 0.3) is 0 Å². The summed E-state index contributed by atoms with van der Waals surface area (Å²) in [7, 11) is 0. The summed E-state index contributed by atoms with van der Waals surface area (Å²) in [5, 5.41) is 3.34. The Morgan fingerprint density at radius 2 is 1.70 bits per heavy atom. The quantitative estimate of drug-likeness (QED) is 0.788. The Kier molecular flexibility index (Phi) is 13.1. The summed E-state index contributed by atoms with van der Waals surface area (Å²) in [6.45, 7) is 8.39. The molecule has 2 aliphatic rings. The first-order valence-corrected chi connectivity index (χ1v) is 8.16. The van der Waals surface area contributed by atoms with Gasteiger partial charge in [0.1, 0.15) is 6.79 Å². The molecule has 0 aromatic rings. The van der Waals surface area contributed by atoms with Gasteiger partial charge < -0.3 is 15.0 Å². The second-order valence-electron chi connectivity index (χ2n) is 5.29. The molecule has 0 spiro atoms. The Balaban J connectivity index is 0.000000327. The van der Waals surface area contributed by atoms with Crippen molar-refractivity contribution >= 4 is 24.7 Å². The van der Waals surface area contributed by atoms with Crippen molar-refractivity contribution in [2.45, 2.75) is 51.9 Å². The Morgan fingerprint density at radius 3 is 2.10 bits per heavy atom. The zero-order valence-corrected chi connectivity index (χ0v) is 13.7. The van der Waals surface area contributed by atoms with Crippen molar-refractivity contribution in [1.29, 1.82) is 0 Å². The van der Waals surface area contributed by atoms with Crippen LogP contribution in [-0.2, 0) is 4.79 Å². The Morgan fingerprint density at radius 1 is 1.15 bits per heavy atom. The molecule has 2 fully saturated rings. The van der Waals surface area contributed by atoms with Crippen LogP contribution in [-0.4, -0.2) is 43.1 Å². The molecule has 0 aromatic heterocycles. The fourth-order valence-corrected chi connectivity index (χ4v) is 2.85. The monoisotopic (exact) mass is 302 g/mol. The third-order valence-corrected chi connectivity index (χ3v) is 4.07. The number of rotatable bonds is 3. The summed E-state index contributed by atoms with van der Waals surface area (Å²) >= 11 is 3.68. The molecule has 0 bridgehead atoms. The van der Waals surface area contributed by atoms with E-state index >= 15 is 0 Å². The lowest BCUT2D eigenvalue weighted by Gasteiger charge is -2.21. The Bertz CT molecular complexity index is 240. The van der Waals surface area contributed by atoms with Gasteiger partial charge in [0.25, 0.3) is 5.24 Å². The van der Waals surface area contributed by atoms with Crippen LogP contribution < -0.4 is 5.32 Å². The fourth-order valence-electron chi connectivity index (χ4n) is 2.65. The number of amides is 1. The lowest BCUT2D eigenvalue weighted by Crippen LogP contribution is -2.23. The molecule has 20 heavy (non-hydrogen) atoms.